The van der Waals surface area contributed by atoms with Gasteiger partial charge in [-0.25, -0.2) is 14.8 Å². The number of nitrogens with one attached hydrogen (secondary N) is 1. The van der Waals surface area contributed by atoms with Crippen LogP contribution < -0.4 is 5.32 Å². The van der Waals surface area contributed by atoms with Crippen molar-refractivity contribution in [1.29, 1.82) is 0 Å². The Morgan fingerprint density at radius 3 is 2.62 bits per heavy atom. The minimum absolute atomic E-state index is 0.0120. The highest BCUT2D eigenvalue weighted by atomic mass is 35.5. The zero-order valence-corrected chi connectivity index (χ0v) is 10.9. The number of hydrogen-bond donors (Lipinski definition) is 2. The molecule has 1 aromatic carbocycles. The van der Waals surface area contributed by atoms with Gasteiger partial charge in [0.15, 0.2) is 0 Å². The van der Waals surface area contributed by atoms with Gasteiger partial charge in [-0.3, -0.25) is 0 Å². The zero-order chi connectivity index (χ0) is 15.6. The normalized spacial score (nSPS) is 11.2. The number of halogens is 4. The molecule has 0 bridgehead atoms. The Morgan fingerprint density at radius 2 is 2.00 bits per heavy atom. The lowest BCUT2D eigenvalue weighted by molar-refractivity contribution is -0.141. The lowest BCUT2D eigenvalue weighted by Crippen LogP contribution is -2.10. The molecule has 0 amide bonds. The van der Waals surface area contributed by atoms with Gasteiger partial charge < -0.3 is 10.4 Å². The van der Waals surface area contributed by atoms with Crippen molar-refractivity contribution in [1.82, 2.24) is 9.97 Å². The summed E-state index contributed by atoms with van der Waals surface area (Å²) in [6.07, 6.45) is -3.64. The van der Waals surface area contributed by atoms with Crippen molar-refractivity contribution in [2.45, 2.75) is 6.18 Å². The number of rotatable bonds is 3. The predicted octanol–water partition coefficient (Wildman–Crippen LogP) is 3.59. The number of nitrogens with zero attached hydrogens (tertiary/aromatic N) is 2. The van der Waals surface area contributed by atoms with Crippen LogP contribution >= 0.6 is 11.6 Å². The summed E-state index contributed by atoms with van der Waals surface area (Å²) in [6, 6.07) is 4.61. The van der Waals surface area contributed by atoms with Crippen molar-refractivity contribution in [3.8, 4) is 0 Å². The number of anilines is 2. The fraction of sp³-hybridized carbons (Fsp3) is 0.0833. The van der Waals surface area contributed by atoms with Gasteiger partial charge in [-0.05, 0) is 24.3 Å². The molecule has 0 aliphatic carbocycles. The second-order valence-electron chi connectivity index (χ2n) is 3.89. The van der Waals surface area contributed by atoms with Gasteiger partial charge in [0.25, 0.3) is 0 Å². The fourth-order valence-corrected chi connectivity index (χ4v) is 1.67. The maximum atomic E-state index is 12.5. The maximum Gasteiger partial charge on any atom is 0.433 e. The molecule has 0 fully saturated rings. The zero-order valence-electron chi connectivity index (χ0n) is 10.1. The first-order valence-corrected chi connectivity index (χ1v) is 5.85. The molecular weight excluding hydrogens is 311 g/mol. The summed E-state index contributed by atoms with van der Waals surface area (Å²) in [5.74, 6) is -1.56. The van der Waals surface area contributed by atoms with Crippen LogP contribution in [0.4, 0.5) is 24.8 Å². The first-order chi connectivity index (χ1) is 9.77. The summed E-state index contributed by atoms with van der Waals surface area (Å²) in [5, 5.41) is 11.4. The lowest BCUT2D eigenvalue weighted by atomic mass is 10.2. The Hall–Kier alpha value is -2.35. The summed E-state index contributed by atoms with van der Waals surface area (Å²) in [6.45, 7) is 0. The van der Waals surface area contributed by atoms with E-state index < -0.39 is 17.8 Å². The number of benzene rings is 1. The van der Waals surface area contributed by atoms with E-state index in [1.54, 1.807) is 0 Å². The van der Waals surface area contributed by atoms with Crippen LogP contribution in [0.5, 0.6) is 0 Å². The van der Waals surface area contributed by atoms with E-state index in [-0.39, 0.29) is 22.2 Å². The molecule has 0 radical (unpaired) electrons. The van der Waals surface area contributed by atoms with Crippen molar-refractivity contribution < 1.29 is 23.1 Å². The van der Waals surface area contributed by atoms with Crippen LogP contribution in [-0.4, -0.2) is 21.0 Å². The number of aromatic nitrogens is 2. The van der Waals surface area contributed by atoms with Crippen LogP contribution in [0.2, 0.25) is 5.02 Å². The molecule has 1 heterocycles. The molecule has 0 unspecified atom stereocenters. The molecule has 9 heteroatoms. The Morgan fingerprint density at radius 1 is 1.29 bits per heavy atom. The van der Waals surface area contributed by atoms with E-state index in [4.69, 9.17) is 16.7 Å². The smallest absolute Gasteiger partial charge is 0.433 e. The van der Waals surface area contributed by atoms with Gasteiger partial charge in [-0.2, -0.15) is 13.2 Å². The Balaban J connectivity index is 2.31. The molecule has 0 aliphatic rings. The minimum atomic E-state index is -4.59. The van der Waals surface area contributed by atoms with Crippen LogP contribution in [-0.2, 0) is 6.18 Å². The number of alkyl halides is 3. The molecule has 1 aromatic heterocycles. The highest BCUT2D eigenvalue weighted by Crippen LogP contribution is 2.28. The summed E-state index contributed by atoms with van der Waals surface area (Å²) >= 11 is 5.69. The van der Waals surface area contributed by atoms with E-state index in [0.717, 1.165) is 12.3 Å². The SMILES string of the molecule is O=C(O)c1cc(Nc2nccc(C(F)(F)F)n2)ccc1Cl. The summed E-state index contributed by atoms with van der Waals surface area (Å²) in [7, 11) is 0. The molecule has 0 spiro atoms. The monoisotopic (exact) mass is 317 g/mol. The minimum Gasteiger partial charge on any atom is -0.478 e. The largest absolute Gasteiger partial charge is 0.478 e. The van der Waals surface area contributed by atoms with Crippen molar-refractivity contribution in [2.24, 2.45) is 0 Å². The van der Waals surface area contributed by atoms with Gasteiger partial charge in [0, 0.05) is 11.9 Å². The van der Waals surface area contributed by atoms with Crippen LogP contribution in [0, 0.1) is 0 Å². The van der Waals surface area contributed by atoms with Crippen LogP contribution in [0.25, 0.3) is 0 Å². The van der Waals surface area contributed by atoms with E-state index in [0.29, 0.717) is 0 Å². The van der Waals surface area contributed by atoms with Crippen molar-refractivity contribution in [3.63, 3.8) is 0 Å². The summed E-state index contributed by atoms with van der Waals surface area (Å²) in [4.78, 5) is 17.9. The summed E-state index contributed by atoms with van der Waals surface area (Å²) in [5.41, 5.74) is -1.09. The fourth-order valence-electron chi connectivity index (χ4n) is 1.47. The van der Waals surface area contributed by atoms with Crippen molar-refractivity contribution in [3.05, 3.63) is 46.7 Å². The van der Waals surface area contributed by atoms with Gasteiger partial charge in [0.05, 0.1) is 10.6 Å². The number of carbonyl (C=O) groups is 1. The van der Waals surface area contributed by atoms with Gasteiger partial charge in [0.1, 0.15) is 5.69 Å². The quantitative estimate of drug-likeness (QED) is 0.904. The van der Waals surface area contributed by atoms with Crippen LogP contribution in [0.3, 0.4) is 0 Å². The second kappa shape index (κ2) is 5.57. The maximum absolute atomic E-state index is 12.5. The van der Waals surface area contributed by atoms with Gasteiger partial charge in [-0.1, -0.05) is 11.6 Å². The number of aromatic carboxylic acids is 1. The first kappa shape index (κ1) is 15.0. The molecule has 2 rings (SSSR count). The molecular formula is C12H7ClF3N3O2. The highest BCUT2D eigenvalue weighted by molar-refractivity contribution is 6.33. The van der Waals surface area contributed by atoms with Gasteiger partial charge in [0.2, 0.25) is 5.95 Å². The molecule has 0 saturated carbocycles. The third kappa shape index (κ3) is 3.60. The van der Waals surface area contributed by atoms with E-state index in [9.17, 15) is 18.0 Å². The molecule has 2 aromatic rings. The molecule has 0 aliphatic heterocycles. The van der Waals surface area contributed by atoms with Crippen LogP contribution in [0.1, 0.15) is 16.1 Å². The topological polar surface area (TPSA) is 75.1 Å². The van der Waals surface area contributed by atoms with E-state index in [2.05, 4.69) is 15.3 Å². The molecule has 5 nitrogen and oxygen atoms in total. The molecule has 0 saturated heterocycles. The standard InChI is InChI=1S/C12H7ClF3N3O2/c13-8-2-1-6(5-7(8)10(20)21)18-11-17-4-3-9(19-11)12(14,15)16/h1-5H,(H,20,21)(H,17,18,19). The van der Waals surface area contributed by atoms with Crippen LogP contribution in [0.15, 0.2) is 30.5 Å². The molecule has 2 N–H and O–H groups in total. The average Bonchev–Trinajstić information content (AvgIpc) is 2.40. The van der Waals surface area contributed by atoms with E-state index >= 15 is 0 Å². The Kier molecular flexibility index (Phi) is 3.99. The summed E-state index contributed by atoms with van der Waals surface area (Å²) < 4.78 is 37.5. The average molecular weight is 318 g/mol. The molecule has 0 atom stereocenters. The molecule has 110 valence electrons. The van der Waals surface area contributed by atoms with Crippen molar-refractivity contribution >= 4 is 29.2 Å². The number of carboxylic acids is 1. The predicted molar refractivity (Wildman–Crippen MR) is 68.7 cm³/mol. The third-order valence-corrected chi connectivity index (χ3v) is 2.73. The lowest BCUT2D eigenvalue weighted by Gasteiger charge is -2.09. The van der Waals surface area contributed by atoms with Gasteiger partial charge in [-0.15, -0.1) is 0 Å². The second-order valence-corrected chi connectivity index (χ2v) is 4.30. The Labute approximate surface area is 121 Å². The van der Waals surface area contributed by atoms with Gasteiger partial charge >= 0.3 is 12.1 Å². The Bertz CT molecular complexity index is 692. The highest BCUT2D eigenvalue weighted by Gasteiger charge is 2.32. The number of hydrogen-bond acceptors (Lipinski definition) is 4. The molecule has 21 heavy (non-hydrogen) atoms. The number of carboxylic acid groups (broad SMARTS) is 1. The van der Waals surface area contributed by atoms with E-state index in [1.807, 2.05) is 0 Å². The van der Waals surface area contributed by atoms with E-state index in [1.165, 1.54) is 18.2 Å². The first-order valence-electron chi connectivity index (χ1n) is 5.47. The van der Waals surface area contributed by atoms with Crippen molar-refractivity contribution in [2.75, 3.05) is 5.32 Å². The third-order valence-electron chi connectivity index (χ3n) is 2.40.